The van der Waals surface area contributed by atoms with Gasteiger partial charge in [0.2, 0.25) is 0 Å². The molecule has 1 aromatic heterocycles. The van der Waals surface area contributed by atoms with E-state index in [1.807, 2.05) is 17.5 Å². The molecule has 5 heteroatoms. The van der Waals surface area contributed by atoms with Crippen LogP contribution in [0.15, 0.2) is 17.5 Å². The van der Waals surface area contributed by atoms with Crippen LogP contribution in [0.3, 0.4) is 0 Å². The lowest BCUT2D eigenvalue weighted by atomic mass is 9.84. The number of hydrogen-bond acceptors (Lipinski definition) is 3. The third kappa shape index (κ3) is 4.34. The Bertz CT molecular complexity index is 437. The second kappa shape index (κ2) is 7.43. The van der Waals surface area contributed by atoms with Crippen LogP contribution in [0.4, 0.5) is 0 Å². The van der Waals surface area contributed by atoms with Crippen LogP contribution in [-0.2, 0) is 16.1 Å². The molecule has 0 aliphatic heterocycles. The highest BCUT2D eigenvalue weighted by molar-refractivity contribution is 7.09. The van der Waals surface area contributed by atoms with Gasteiger partial charge >= 0.3 is 11.8 Å². The van der Waals surface area contributed by atoms with Crippen LogP contribution >= 0.6 is 11.3 Å². The van der Waals surface area contributed by atoms with Crippen LogP contribution in [0.5, 0.6) is 0 Å². The highest BCUT2D eigenvalue weighted by atomic mass is 32.1. The lowest BCUT2D eigenvalue weighted by Crippen LogP contribution is -2.45. The van der Waals surface area contributed by atoms with Gasteiger partial charge in [0.05, 0.1) is 6.54 Å². The number of amides is 2. The molecule has 2 amide bonds. The number of nitrogens with one attached hydrogen (secondary N) is 2. The van der Waals surface area contributed by atoms with E-state index in [9.17, 15) is 9.59 Å². The number of rotatable bonds is 4. The van der Waals surface area contributed by atoms with E-state index in [4.69, 9.17) is 0 Å². The molecule has 0 radical (unpaired) electrons. The van der Waals surface area contributed by atoms with Crippen molar-refractivity contribution in [2.24, 2.45) is 5.92 Å². The molecule has 1 saturated carbocycles. The standard InChI is InChI=1S/C15H22N2O2S/c1-2-11-5-7-12(8-6-11)17-15(19)14(18)16-10-13-4-3-9-20-13/h3-4,9,11-12H,2,5-8,10H2,1H3,(H,16,18)(H,17,19). The van der Waals surface area contributed by atoms with Crippen LogP contribution in [0, 0.1) is 5.92 Å². The van der Waals surface area contributed by atoms with Gasteiger partial charge in [-0.25, -0.2) is 0 Å². The zero-order valence-electron chi connectivity index (χ0n) is 11.9. The lowest BCUT2D eigenvalue weighted by molar-refractivity contribution is -0.139. The second-order valence-corrected chi connectivity index (χ2v) is 6.39. The predicted molar refractivity (Wildman–Crippen MR) is 80.3 cm³/mol. The summed E-state index contributed by atoms with van der Waals surface area (Å²) in [5, 5.41) is 7.45. The number of carbonyl (C=O) groups excluding carboxylic acids is 2. The molecule has 0 saturated heterocycles. The molecular formula is C15H22N2O2S. The molecule has 1 fully saturated rings. The summed E-state index contributed by atoms with van der Waals surface area (Å²) in [6.07, 6.45) is 5.49. The molecule has 0 unspecified atom stereocenters. The summed E-state index contributed by atoms with van der Waals surface area (Å²) in [4.78, 5) is 24.6. The van der Waals surface area contributed by atoms with E-state index in [0.29, 0.717) is 6.54 Å². The van der Waals surface area contributed by atoms with Gasteiger partial charge in [0.15, 0.2) is 0 Å². The van der Waals surface area contributed by atoms with E-state index in [1.54, 1.807) is 11.3 Å². The Morgan fingerprint density at radius 2 is 2.00 bits per heavy atom. The summed E-state index contributed by atoms with van der Waals surface area (Å²) in [6, 6.07) is 4.03. The van der Waals surface area contributed by atoms with Crippen LogP contribution in [-0.4, -0.2) is 17.9 Å². The van der Waals surface area contributed by atoms with Gasteiger partial charge in [0.1, 0.15) is 0 Å². The minimum Gasteiger partial charge on any atom is -0.345 e. The summed E-state index contributed by atoms with van der Waals surface area (Å²) >= 11 is 1.57. The Morgan fingerprint density at radius 1 is 1.25 bits per heavy atom. The molecule has 1 heterocycles. The van der Waals surface area contributed by atoms with Crippen LogP contribution in [0.2, 0.25) is 0 Å². The molecule has 1 aromatic rings. The average Bonchev–Trinajstić information content (AvgIpc) is 2.98. The normalized spacial score (nSPS) is 22.2. The topological polar surface area (TPSA) is 58.2 Å². The van der Waals surface area contributed by atoms with Crippen molar-refractivity contribution in [1.82, 2.24) is 10.6 Å². The van der Waals surface area contributed by atoms with Crippen molar-refractivity contribution >= 4 is 23.2 Å². The van der Waals surface area contributed by atoms with E-state index < -0.39 is 11.8 Å². The Kier molecular flexibility index (Phi) is 5.59. The van der Waals surface area contributed by atoms with Gasteiger partial charge in [0, 0.05) is 10.9 Å². The Labute approximate surface area is 124 Å². The SMILES string of the molecule is CCC1CCC(NC(=O)C(=O)NCc2cccs2)CC1. The molecule has 1 aliphatic rings. The van der Waals surface area contributed by atoms with Crippen molar-refractivity contribution in [3.8, 4) is 0 Å². The van der Waals surface area contributed by atoms with E-state index in [-0.39, 0.29) is 6.04 Å². The van der Waals surface area contributed by atoms with Gasteiger partial charge in [-0.2, -0.15) is 0 Å². The largest absolute Gasteiger partial charge is 0.345 e. The fourth-order valence-electron chi connectivity index (χ4n) is 2.63. The van der Waals surface area contributed by atoms with Gasteiger partial charge in [-0.1, -0.05) is 19.4 Å². The Morgan fingerprint density at radius 3 is 2.60 bits per heavy atom. The van der Waals surface area contributed by atoms with Crippen LogP contribution in [0.1, 0.15) is 43.9 Å². The van der Waals surface area contributed by atoms with Crippen molar-refractivity contribution in [2.75, 3.05) is 0 Å². The van der Waals surface area contributed by atoms with E-state index in [1.165, 1.54) is 6.42 Å². The highest BCUT2D eigenvalue weighted by Crippen LogP contribution is 2.26. The fourth-order valence-corrected chi connectivity index (χ4v) is 3.27. The minimum absolute atomic E-state index is 0.165. The van der Waals surface area contributed by atoms with Crippen molar-refractivity contribution in [2.45, 2.75) is 51.6 Å². The van der Waals surface area contributed by atoms with Crippen molar-refractivity contribution in [3.05, 3.63) is 22.4 Å². The number of carbonyl (C=O) groups is 2. The highest BCUT2D eigenvalue weighted by Gasteiger charge is 2.23. The molecule has 2 N–H and O–H groups in total. The Hall–Kier alpha value is -1.36. The molecule has 20 heavy (non-hydrogen) atoms. The fraction of sp³-hybridized carbons (Fsp3) is 0.600. The van der Waals surface area contributed by atoms with Crippen molar-refractivity contribution in [3.63, 3.8) is 0 Å². The molecule has 110 valence electrons. The summed E-state index contributed by atoms with van der Waals surface area (Å²) in [5.74, 6) is -0.242. The summed E-state index contributed by atoms with van der Waals surface area (Å²) in [7, 11) is 0. The van der Waals surface area contributed by atoms with Crippen LogP contribution < -0.4 is 10.6 Å². The summed E-state index contributed by atoms with van der Waals surface area (Å²) in [6.45, 7) is 2.63. The molecule has 4 nitrogen and oxygen atoms in total. The molecule has 0 aromatic carbocycles. The Balaban J connectivity index is 1.70. The third-order valence-electron chi connectivity index (χ3n) is 3.97. The average molecular weight is 294 g/mol. The van der Waals surface area contributed by atoms with Crippen LogP contribution in [0.25, 0.3) is 0 Å². The molecule has 2 rings (SSSR count). The van der Waals surface area contributed by atoms with Gasteiger partial charge < -0.3 is 10.6 Å². The summed E-state index contributed by atoms with van der Waals surface area (Å²) < 4.78 is 0. The van der Waals surface area contributed by atoms with Gasteiger partial charge in [0.25, 0.3) is 0 Å². The second-order valence-electron chi connectivity index (χ2n) is 5.36. The molecule has 0 atom stereocenters. The van der Waals surface area contributed by atoms with E-state index in [0.717, 1.165) is 36.5 Å². The predicted octanol–water partition coefficient (Wildman–Crippen LogP) is 2.45. The number of hydrogen-bond donors (Lipinski definition) is 2. The van der Waals surface area contributed by atoms with E-state index >= 15 is 0 Å². The first kappa shape index (κ1) is 15.0. The molecule has 0 bridgehead atoms. The van der Waals surface area contributed by atoms with E-state index in [2.05, 4.69) is 17.6 Å². The first-order valence-electron chi connectivity index (χ1n) is 7.30. The third-order valence-corrected chi connectivity index (χ3v) is 4.85. The van der Waals surface area contributed by atoms with Gasteiger partial charge in [-0.05, 0) is 43.0 Å². The smallest absolute Gasteiger partial charge is 0.309 e. The van der Waals surface area contributed by atoms with Gasteiger partial charge in [-0.3, -0.25) is 9.59 Å². The van der Waals surface area contributed by atoms with Gasteiger partial charge in [-0.15, -0.1) is 11.3 Å². The zero-order valence-corrected chi connectivity index (χ0v) is 12.7. The summed E-state index contributed by atoms with van der Waals surface area (Å²) in [5.41, 5.74) is 0. The first-order chi connectivity index (χ1) is 9.69. The van der Waals surface area contributed by atoms with Crippen molar-refractivity contribution < 1.29 is 9.59 Å². The monoisotopic (exact) mass is 294 g/mol. The molecule has 1 aliphatic carbocycles. The maximum absolute atomic E-state index is 11.8. The first-order valence-corrected chi connectivity index (χ1v) is 8.18. The molecular weight excluding hydrogens is 272 g/mol. The molecule has 0 spiro atoms. The number of thiophene rings is 1. The zero-order chi connectivity index (χ0) is 14.4. The quantitative estimate of drug-likeness (QED) is 0.838. The maximum Gasteiger partial charge on any atom is 0.309 e. The minimum atomic E-state index is -0.531. The lowest BCUT2D eigenvalue weighted by Gasteiger charge is -2.28. The maximum atomic E-state index is 11.8. The van der Waals surface area contributed by atoms with Crippen molar-refractivity contribution in [1.29, 1.82) is 0 Å².